The summed E-state index contributed by atoms with van der Waals surface area (Å²) in [5, 5.41) is 10.2. The Bertz CT molecular complexity index is 626. The third-order valence-corrected chi connectivity index (χ3v) is 3.85. The summed E-state index contributed by atoms with van der Waals surface area (Å²) in [5.41, 5.74) is 2.18. The number of aliphatic hydroxyl groups excluding tert-OH is 1. The van der Waals surface area contributed by atoms with Gasteiger partial charge < -0.3 is 9.52 Å². The summed E-state index contributed by atoms with van der Waals surface area (Å²) >= 11 is 0. The van der Waals surface area contributed by atoms with Gasteiger partial charge in [-0.2, -0.15) is 0 Å². The molecular formula is C16H23NO3. The zero-order chi connectivity index (χ0) is 14.7. The van der Waals surface area contributed by atoms with Crippen LogP contribution >= 0.6 is 0 Å². The number of aliphatic hydroxyl groups is 1. The molecule has 1 N–H and O–H groups in total. The van der Waals surface area contributed by atoms with Gasteiger partial charge in [0, 0.05) is 6.54 Å². The van der Waals surface area contributed by atoms with Gasteiger partial charge in [-0.15, -0.1) is 0 Å². The van der Waals surface area contributed by atoms with Crippen molar-refractivity contribution in [2.45, 2.75) is 52.7 Å². The number of aryl methyl sites for hydroxylation is 1. The van der Waals surface area contributed by atoms with E-state index in [4.69, 9.17) is 4.42 Å². The Morgan fingerprint density at radius 1 is 1.35 bits per heavy atom. The molecule has 1 aromatic heterocycles. The van der Waals surface area contributed by atoms with Gasteiger partial charge in [0.25, 0.3) is 0 Å². The number of fused-ring (bicyclic) bond motifs is 1. The summed E-state index contributed by atoms with van der Waals surface area (Å²) < 4.78 is 6.91. The van der Waals surface area contributed by atoms with Crippen molar-refractivity contribution < 1.29 is 9.52 Å². The van der Waals surface area contributed by atoms with Crippen molar-refractivity contribution in [2.24, 2.45) is 5.92 Å². The van der Waals surface area contributed by atoms with Gasteiger partial charge >= 0.3 is 5.76 Å². The number of nitrogens with zero attached hydrogens (tertiary/aromatic N) is 1. The minimum Gasteiger partial charge on any atom is -0.408 e. The van der Waals surface area contributed by atoms with E-state index in [0.29, 0.717) is 18.0 Å². The van der Waals surface area contributed by atoms with Gasteiger partial charge in [0.1, 0.15) is 0 Å². The van der Waals surface area contributed by atoms with Crippen LogP contribution in [0.4, 0.5) is 0 Å². The van der Waals surface area contributed by atoms with E-state index in [0.717, 1.165) is 30.3 Å². The Hall–Kier alpha value is -1.55. The quantitative estimate of drug-likeness (QED) is 0.879. The van der Waals surface area contributed by atoms with Crippen molar-refractivity contribution in [2.75, 3.05) is 0 Å². The second kappa shape index (κ2) is 6.27. The van der Waals surface area contributed by atoms with E-state index < -0.39 is 6.10 Å². The SMILES string of the molecule is CCCn1c(=O)oc2cc(C(O)CC(C)CC)ccc21. The molecule has 2 aromatic rings. The highest BCUT2D eigenvalue weighted by Crippen LogP contribution is 2.25. The van der Waals surface area contributed by atoms with Crippen LogP contribution in [0.25, 0.3) is 11.1 Å². The van der Waals surface area contributed by atoms with Crippen LogP contribution in [0, 0.1) is 5.92 Å². The molecule has 2 rings (SSSR count). The monoisotopic (exact) mass is 277 g/mol. The molecule has 0 saturated heterocycles. The van der Waals surface area contributed by atoms with Crippen LogP contribution in [0.5, 0.6) is 0 Å². The van der Waals surface area contributed by atoms with Crippen molar-refractivity contribution in [1.29, 1.82) is 0 Å². The number of aromatic nitrogens is 1. The van der Waals surface area contributed by atoms with Crippen LogP contribution in [-0.2, 0) is 6.54 Å². The van der Waals surface area contributed by atoms with Crippen molar-refractivity contribution in [1.82, 2.24) is 4.57 Å². The molecule has 0 spiro atoms. The summed E-state index contributed by atoms with van der Waals surface area (Å²) in [5.74, 6) is 0.146. The molecule has 0 bridgehead atoms. The average molecular weight is 277 g/mol. The van der Waals surface area contributed by atoms with Crippen LogP contribution in [0.1, 0.15) is 51.7 Å². The molecular weight excluding hydrogens is 254 g/mol. The molecule has 20 heavy (non-hydrogen) atoms. The molecule has 2 unspecified atom stereocenters. The van der Waals surface area contributed by atoms with E-state index in [1.807, 2.05) is 19.1 Å². The molecule has 0 saturated carbocycles. The van der Waals surface area contributed by atoms with E-state index in [2.05, 4.69) is 13.8 Å². The van der Waals surface area contributed by atoms with Crippen molar-refractivity contribution in [3.63, 3.8) is 0 Å². The Morgan fingerprint density at radius 3 is 2.75 bits per heavy atom. The summed E-state index contributed by atoms with van der Waals surface area (Å²) in [6.45, 7) is 6.92. The average Bonchev–Trinajstić information content (AvgIpc) is 2.74. The molecule has 0 fully saturated rings. The van der Waals surface area contributed by atoms with Gasteiger partial charge in [0.2, 0.25) is 0 Å². The van der Waals surface area contributed by atoms with Gasteiger partial charge in [0.05, 0.1) is 11.6 Å². The standard InChI is InChI=1S/C16H23NO3/c1-4-8-17-13-7-6-12(10-15(13)20-16(17)19)14(18)9-11(3)5-2/h6-7,10-11,14,18H,4-5,8-9H2,1-3H3. The van der Waals surface area contributed by atoms with E-state index in [1.54, 1.807) is 10.6 Å². The lowest BCUT2D eigenvalue weighted by Gasteiger charge is -2.15. The van der Waals surface area contributed by atoms with E-state index in [9.17, 15) is 9.90 Å². The molecule has 0 aliphatic carbocycles. The highest BCUT2D eigenvalue weighted by Gasteiger charge is 2.15. The minimum absolute atomic E-state index is 0.324. The van der Waals surface area contributed by atoms with Gasteiger partial charge in [0.15, 0.2) is 5.58 Å². The number of benzene rings is 1. The molecule has 0 radical (unpaired) electrons. The highest BCUT2D eigenvalue weighted by molar-refractivity contribution is 5.73. The van der Waals surface area contributed by atoms with Crippen LogP contribution in [0.15, 0.2) is 27.4 Å². The first kappa shape index (κ1) is 14.9. The molecule has 4 nitrogen and oxygen atoms in total. The summed E-state index contributed by atoms with van der Waals surface area (Å²) in [6.07, 6.45) is 2.14. The van der Waals surface area contributed by atoms with Crippen molar-refractivity contribution in [3.8, 4) is 0 Å². The summed E-state index contributed by atoms with van der Waals surface area (Å²) in [4.78, 5) is 11.8. The fourth-order valence-electron chi connectivity index (χ4n) is 2.41. The van der Waals surface area contributed by atoms with Crippen LogP contribution in [-0.4, -0.2) is 9.67 Å². The lowest BCUT2D eigenvalue weighted by Crippen LogP contribution is -2.13. The third kappa shape index (κ3) is 2.96. The lowest BCUT2D eigenvalue weighted by atomic mass is 9.96. The fraction of sp³-hybridized carbons (Fsp3) is 0.562. The fourth-order valence-corrected chi connectivity index (χ4v) is 2.41. The Morgan fingerprint density at radius 2 is 2.10 bits per heavy atom. The van der Waals surface area contributed by atoms with Crippen LogP contribution in [0.2, 0.25) is 0 Å². The van der Waals surface area contributed by atoms with Gasteiger partial charge in [-0.25, -0.2) is 4.79 Å². The normalized spacial score (nSPS) is 14.6. The largest absolute Gasteiger partial charge is 0.419 e. The van der Waals surface area contributed by atoms with Gasteiger partial charge in [-0.05, 0) is 36.5 Å². The van der Waals surface area contributed by atoms with Crippen LogP contribution in [0.3, 0.4) is 0 Å². The second-order valence-electron chi connectivity index (χ2n) is 5.51. The van der Waals surface area contributed by atoms with E-state index in [-0.39, 0.29) is 5.76 Å². The lowest BCUT2D eigenvalue weighted by molar-refractivity contribution is 0.146. The highest BCUT2D eigenvalue weighted by atomic mass is 16.4. The number of hydrogen-bond donors (Lipinski definition) is 1. The molecule has 0 amide bonds. The molecule has 1 aromatic carbocycles. The Balaban J connectivity index is 2.32. The number of hydrogen-bond acceptors (Lipinski definition) is 3. The number of rotatable bonds is 6. The van der Waals surface area contributed by atoms with E-state index >= 15 is 0 Å². The minimum atomic E-state index is -0.505. The predicted molar refractivity (Wildman–Crippen MR) is 79.8 cm³/mol. The first-order valence-electron chi connectivity index (χ1n) is 7.38. The van der Waals surface area contributed by atoms with Crippen molar-refractivity contribution in [3.05, 3.63) is 34.3 Å². The summed E-state index contributed by atoms with van der Waals surface area (Å²) in [6, 6.07) is 5.54. The molecule has 4 heteroatoms. The molecule has 1 heterocycles. The zero-order valence-corrected chi connectivity index (χ0v) is 12.4. The van der Waals surface area contributed by atoms with Crippen LogP contribution < -0.4 is 5.76 Å². The maximum atomic E-state index is 11.8. The molecule has 110 valence electrons. The topological polar surface area (TPSA) is 55.4 Å². The maximum absolute atomic E-state index is 11.8. The van der Waals surface area contributed by atoms with Gasteiger partial charge in [-0.1, -0.05) is 33.3 Å². The third-order valence-electron chi connectivity index (χ3n) is 3.85. The molecule has 0 aliphatic rings. The molecule has 2 atom stereocenters. The predicted octanol–water partition coefficient (Wildman–Crippen LogP) is 3.47. The maximum Gasteiger partial charge on any atom is 0.419 e. The second-order valence-corrected chi connectivity index (χ2v) is 5.51. The Labute approximate surface area is 119 Å². The first-order chi connectivity index (χ1) is 9.56. The van der Waals surface area contributed by atoms with E-state index in [1.165, 1.54) is 0 Å². The number of oxazole rings is 1. The van der Waals surface area contributed by atoms with Crippen molar-refractivity contribution >= 4 is 11.1 Å². The Kier molecular flexibility index (Phi) is 4.65. The first-order valence-corrected chi connectivity index (χ1v) is 7.38. The summed E-state index contributed by atoms with van der Waals surface area (Å²) in [7, 11) is 0. The smallest absolute Gasteiger partial charge is 0.408 e. The zero-order valence-electron chi connectivity index (χ0n) is 12.4. The van der Waals surface area contributed by atoms with Gasteiger partial charge in [-0.3, -0.25) is 4.57 Å². The molecule has 0 aliphatic heterocycles.